The van der Waals surface area contributed by atoms with E-state index < -0.39 is 17.6 Å². The standard InChI is InChI=1S/C22H27FN6O3/c1-22(2,3)32-21(31)27-16-7-4-13(11-24)18(10-16)29-12-17(19(25)30)20(28-29)26-15-8-5-14(23)6-9-15/h5-6,8-9,12-13,16,18H,4,7,10H2,1-3H3,(H2,25,30)(H,26,28)(H,27,31). The molecule has 1 fully saturated rings. The van der Waals surface area contributed by atoms with E-state index in [-0.39, 0.29) is 35.2 Å². The third kappa shape index (κ3) is 5.75. The molecule has 1 aromatic carbocycles. The first-order chi connectivity index (χ1) is 15.1. The van der Waals surface area contributed by atoms with Gasteiger partial charge in [0.25, 0.3) is 5.91 Å². The highest BCUT2D eigenvalue weighted by Crippen LogP contribution is 2.35. The molecule has 32 heavy (non-hydrogen) atoms. The number of hydrogen-bond acceptors (Lipinski definition) is 6. The second kappa shape index (κ2) is 9.26. The van der Waals surface area contributed by atoms with Crippen LogP contribution in [0.4, 0.5) is 20.7 Å². The molecule has 170 valence electrons. The van der Waals surface area contributed by atoms with Gasteiger partial charge in [-0.05, 0) is 64.3 Å². The van der Waals surface area contributed by atoms with Gasteiger partial charge in [-0.1, -0.05) is 0 Å². The number of benzene rings is 1. The molecule has 0 spiro atoms. The van der Waals surface area contributed by atoms with Gasteiger partial charge in [-0.25, -0.2) is 9.18 Å². The van der Waals surface area contributed by atoms with Crippen LogP contribution < -0.4 is 16.4 Å². The molecule has 0 radical (unpaired) electrons. The van der Waals surface area contributed by atoms with Gasteiger partial charge in [-0.15, -0.1) is 0 Å². The largest absolute Gasteiger partial charge is 0.444 e. The number of carbonyl (C=O) groups is 2. The van der Waals surface area contributed by atoms with Crippen LogP contribution in [-0.4, -0.2) is 33.4 Å². The smallest absolute Gasteiger partial charge is 0.407 e. The summed E-state index contributed by atoms with van der Waals surface area (Å²) >= 11 is 0. The maximum absolute atomic E-state index is 13.2. The molecule has 2 amide bonds. The molecule has 2 aromatic rings. The average molecular weight is 442 g/mol. The van der Waals surface area contributed by atoms with Crippen molar-refractivity contribution in [3.63, 3.8) is 0 Å². The zero-order valence-electron chi connectivity index (χ0n) is 18.3. The highest BCUT2D eigenvalue weighted by atomic mass is 19.1. The summed E-state index contributed by atoms with van der Waals surface area (Å²) in [5.74, 6) is -1.22. The van der Waals surface area contributed by atoms with Gasteiger partial charge in [0, 0.05) is 17.9 Å². The number of amides is 2. The van der Waals surface area contributed by atoms with Crippen LogP contribution in [0.3, 0.4) is 0 Å². The highest BCUT2D eigenvalue weighted by molar-refractivity contribution is 5.98. The molecular weight excluding hydrogens is 415 g/mol. The fraction of sp³-hybridized carbons (Fsp3) is 0.455. The van der Waals surface area contributed by atoms with E-state index in [0.29, 0.717) is 24.9 Å². The fourth-order valence-electron chi connectivity index (χ4n) is 3.70. The van der Waals surface area contributed by atoms with Gasteiger partial charge in [0.1, 0.15) is 17.0 Å². The minimum Gasteiger partial charge on any atom is -0.444 e. The number of ether oxygens (including phenoxy) is 1. The number of aromatic nitrogens is 2. The monoisotopic (exact) mass is 442 g/mol. The van der Waals surface area contributed by atoms with Crippen LogP contribution in [0, 0.1) is 23.1 Å². The molecule has 4 N–H and O–H groups in total. The number of nitrogens with one attached hydrogen (secondary N) is 2. The zero-order chi connectivity index (χ0) is 23.5. The van der Waals surface area contributed by atoms with Crippen molar-refractivity contribution in [3.8, 4) is 6.07 Å². The van der Waals surface area contributed by atoms with Crippen LogP contribution in [0.5, 0.6) is 0 Å². The van der Waals surface area contributed by atoms with Gasteiger partial charge in [0.15, 0.2) is 5.82 Å². The van der Waals surface area contributed by atoms with Gasteiger partial charge in [0.05, 0.1) is 18.0 Å². The Bertz CT molecular complexity index is 1020. The third-order valence-corrected chi connectivity index (χ3v) is 5.15. The first kappa shape index (κ1) is 23.1. The number of hydrogen-bond donors (Lipinski definition) is 3. The summed E-state index contributed by atoms with van der Waals surface area (Å²) in [5, 5.41) is 19.9. The number of carbonyl (C=O) groups excluding carboxylic acids is 2. The topological polar surface area (TPSA) is 135 Å². The molecule has 1 aliphatic carbocycles. The maximum atomic E-state index is 13.2. The number of anilines is 2. The van der Waals surface area contributed by atoms with Gasteiger partial charge < -0.3 is 21.1 Å². The molecule has 3 rings (SSSR count). The summed E-state index contributed by atoms with van der Waals surface area (Å²) in [5.41, 5.74) is 5.58. The number of primary amides is 1. The molecule has 0 bridgehead atoms. The van der Waals surface area contributed by atoms with E-state index in [9.17, 15) is 19.2 Å². The van der Waals surface area contributed by atoms with Crippen molar-refractivity contribution in [1.82, 2.24) is 15.1 Å². The Morgan fingerprint density at radius 3 is 2.56 bits per heavy atom. The molecule has 0 aliphatic heterocycles. The Labute approximate surface area is 185 Å². The van der Waals surface area contributed by atoms with E-state index >= 15 is 0 Å². The lowest BCUT2D eigenvalue weighted by atomic mass is 9.82. The second-order valence-corrected chi connectivity index (χ2v) is 8.83. The van der Waals surface area contributed by atoms with Crippen molar-refractivity contribution in [1.29, 1.82) is 5.26 Å². The van der Waals surface area contributed by atoms with E-state index in [2.05, 4.69) is 21.8 Å². The van der Waals surface area contributed by atoms with Crippen LogP contribution in [0.25, 0.3) is 0 Å². The average Bonchev–Trinajstić information content (AvgIpc) is 3.12. The van der Waals surface area contributed by atoms with Gasteiger partial charge in [0.2, 0.25) is 0 Å². The molecule has 3 unspecified atom stereocenters. The molecular formula is C22H27FN6O3. The Balaban J connectivity index is 1.82. The van der Waals surface area contributed by atoms with Crippen molar-refractivity contribution < 1.29 is 18.7 Å². The Morgan fingerprint density at radius 1 is 1.28 bits per heavy atom. The highest BCUT2D eigenvalue weighted by Gasteiger charge is 2.34. The third-order valence-electron chi connectivity index (χ3n) is 5.15. The molecule has 3 atom stereocenters. The summed E-state index contributed by atoms with van der Waals surface area (Å²) in [4.78, 5) is 24.2. The Morgan fingerprint density at radius 2 is 1.97 bits per heavy atom. The molecule has 1 saturated carbocycles. The Kier molecular flexibility index (Phi) is 6.67. The molecule has 1 aromatic heterocycles. The van der Waals surface area contributed by atoms with Crippen LogP contribution in [0.15, 0.2) is 30.5 Å². The number of nitrogens with two attached hydrogens (primary N) is 1. The first-order valence-electron chi connectivity index (χ1n) is 10.4. The van der Waals surface area contributed by atoms with Crippen molar-refractivity contribution in [2.45, 2.75) is 57.7 Å². The molecule has 1 heterocycles. The van der Waals surface area contributed by atoms with Crippen molar-refractivity contribution in [2.75, 3.05) is 5.32 Å². The minimum atomic E-state index is -0.686. The van der Waals surface area contributed by atoms with Crippen LogP contribution in [-0.2, 0) is 4.74 Å². The van der Waals surface area contributed by atoms with E-state index in [1.807, 2.05) is 0 Å². The van der Waals surface area contributed by atoms with E-state index in [0.717, 1.165) is 0 Å². The molecule has 10 heteroatoms. The predicted octanol–water partition coefficient (Wildman–Crippen LogP) is 3.62. The van der Waals surface area contributed by atoms with Crippen LogP contribution >= 0.6 is 0 Å². The number of rotatable bonds is 5. The quantitative estimate of drug-likeness (QED) is 0.647. The number of nitriles is 1. The number of nitrogens with zero attached hydrogens (tertiary/aromatic N) is 3. The first-order valence-corrected chi connectivity index (χ1v) is 10.4. The van der Waals surface area contributed by atoms with Gasteiger partial charge in [-0.2, -0.15) is 10.4 Å². The molecule has 1 aliphatic rings. The van der Waals surface area contributed by atoms with E-state index in [1.165, 1.54) is 30.5 Å². The fourth-order valence-corrected chi connectivity index (χ4v) is 3.70. The van der Waals surface area contributed by atoms with E-state index in [4.69, 9.17) is 10.5 Å². The summed E-state index contributed by atoms with van der Waals surface area (Å²) in [6.45, 7) is 5.35. The lowest BCUT2D eigenvalue weighted by Gasteiger charge is -2.33. The Hall–Kier alpha value is -3.61. The molecule has 9 nitrogen and oxygen atoms in total. The van der Waals surface area contributed by atoms with Crippen LogP contribution in [0.2, 0.25) is 0 Å². The van der Waals surface area contributed by atoms with Crippen molar-refractivity contribution >= 4 is 23.5 Å². The number of halogens is 1. The van der Waals surface area contributed by atoms with Crippen molar-refractivity contribution in [2.24, 2.45) is 11.7 Å². The normalized spacial score (nSPS) is 20.8. The zero-order valence-corrected chi connectivity index (χ0v) is 18.3. The molecule has 0 saturated heterocycles. The summed E-state index contributed by atoms with van der Waals surface area (Å²) in [6, 6.07) is 7.29. The van der Waals surface area contributed by atoms with Crippen molar-refractivity contribution in [3.05, 3.63) is 41.8 Å². The lowest BCUT2D eigenvalue weighted by molar-refractivity contribution is 0.0478. The predicted molar refractivity (Wildman–Crippen MR) is 116 cm³/mol. The second-order valence-electron chi connectivity index (χ2n) is 8.83. The number of alkyl carbamates (subject to hydrolysis) is 1. The van der Waals surface area contributed by atoms with Crippen LogP contribution in [0.1, 0.15) is 56.4 Å². The lowest BCUT2D eigenvalue weighted by Crippen LogP contribution is -2.43. The summed E-state index contributed by atoms with van der Waals surface area (Å²) in [7, 11) is 0. The van der Waals surface area contributed by atoms with E-state index in [1.54, 1.807) is 25.5 Å². The minimum absolute atomic E-state index is 0.147. The summed E-state index contributed by atoms with van der Waals surface area (Å²) < 4.78 is 20.1. The van der Waals surface area contributed by atoms with Gasteiger partial charge >= 0.3 is 6.09 Å². The summed E-state index contributed by atoms with van der Waals surface area (Å²) in [6.07, 6.45) is 2.59. The SMILES string of the molecule is CC(C)(C)OC(=O)NC1CCC(C#N)C(n2cc(C(N)=O)c(Nc3ccc(F)cc3)n2)C1. The van der Waals surface area contributed by atoms with Gasteiger partial charge in [-0.3, -0.25) is 9.48 Å². The maximum Gasteiger partial charge on any atom is 0.407 e.